The van der Waals surface area contributed by atoms with Gasteiger partial charge in [-0.1, -0.05) is 30.1 Å². The van der Waals surface area contributed by atoms with Crippen molar-refractivity contribution in [2.75, 3.05) is 0 Å². The van der Waals surface area contributed by atoms with Gasteiger partial charge in [-0.15, -0.1) is 11.3 Å². The molecule has 0 fully saturated rings. The van der Waals surface area contributed by atoms with Crippen LogP contribution < -0.4 is 4.80 Å². The number of furan rings is 1. The lowest BCUT2D eigenvalue weighted by Gasteiger charge is -2.05. The van der Waals surface area contributed by atoms with Crippen molar-refractivity contribution >= 4 is 40.2 Å². The normalized spacial score (nSPS) is 12.0. The van der Waals surface area contributed by atoms with Crippen molar-refractivity contribution in [2.45, 2.75) is 19.9 Å². The average molecular weight is 353 g/mol. The molecular formula is C16H14Cl2N2OS. The summed E-state index contributed by atoms with van der Waals surface area (Å²) in [6.07, 6.45) is 2.68. The van der Waals surface area contributed by atoms with E-state index in [9.17, 15) is 0 Å². The molecule has 3 rings (SSSR count). The van der Waals surface area contributed by atoms with Crippen LogP contribution in [-0.2, 0) is 6.54 Å². The summed E-state index contributed by atoms with van der Waals surface area (Å²) in [5, 5.41) is 3.20. The molecule has 1 aromatic carbocycles. The van der Waals surface area contributed by atoms with Crippen LogP contribution in [0.2, 0.25) is 10.0 Å². The van der Waals surface area contributed by atoms with Gasteiger partial charge in [0, 0.05) is 16.9 Å². The summed E-state index contributed by atoms with van der Waals surface area (Å²) in [6, 6.07) is 9.15. The summed E-state index contributed by atoms with van der Waals surface area (Å²) in [5.41, 5.74) is 1.74. The highest BCUT2D eigenvalue weighted by Gasteiger charge is 2.10. The number of hydrogen-bond donors (Lipinski definition) is 0. The zero-order valence-electron chi connectivity index (χ0n) is 11.9. The van der Waals surface area contributed by atoms with Gasteiger partial charge in [0.05, 0.1) is 22.7 Å². The number of nitrogens with zero attached hydrogens (tertiary/aromatic N) is 2. The molecule has 2 heterocycles. The Morgan fingerprint density at radius 3 is 2.82 bits per heavy atom. The van der Waals surface area contributed by atoms with Crippen LogP contribution in [0.1, 0.15) is 13.3 Å². The average Bonchev–Trinajstić information content (AvgIpc) is 3.12. The van der Waals surface area contributed by atoms with Crippen molar-refractivity contribution in [3.63, 3.8) is 0 Å². The predicted molar refractivity (Wildman–Crippen MR) is 92.0 cm³/mol. The third kappa shape index (κ3) is 3.14. The first-order chi connectivity index (χ1) is 10.7. The molecule has 0 unspecified atom stereocenters. The van der Waals surface area contributed by atoms with Crippen LogP contribution in [0, 0.1) is 0 Å². The highest BCUT2D eigenvalue weighted by molar-refractivity contribution is 7.07. The highest BCUT2D eigenvalue weighted by atomic mass is 35.5. The fourth-order valence-corrected chi connectivity index (χ4v) is 3.53. The lowest BCUT2D eigenvalue weighted by Crippen LogP contribution is -2.15. The SMILES string of the molecule is CCCn1c(-c2ccco2)csc1=Nc1ccc(Cl)cc1Cl. The standard InChI is InChI=1S/C16H14Cl2N2OS/c1-2-7-20-14(15-4-3-8-21-15)10-22-16(20)19-13-6-5-11(17)9-12(13)18/h3-6,8-10H,2,7H2,1H3. The monoisotopic (exact) mass is 352 g/mol. The van der Waals surface area contributed by atoms with Crippen molar-refractivity contribution in [2.24, 2.45) is 4.99 Å². The Morgan fingerprint density at radius 2 is 2.14 bits per heavy atom. The Kier molecular flexibility index (Phi) is 4.71. The molecule has 0 aliphatic rings. The van der Waals surface area contributed by atoms with E-state index in [0.29, 0.717) is 15.7 Å². The predicted octanol–water partition coefficient (Wildman–Crippen LogP) is 5.76. The zero-order chi connectivity index (χ0) is 15.5. The molecule has 0 bridgehead atoms. The van der Waals surface area contributed by atoms with Gasteiger partial charge in [-0.3, -0.25) is 0 Å². The van der Waals surface area contributed by atoms with Gasteiger partial charge in [-0.25, -0.2) is 4.99 Å². The minimum absolute atomic E-state index is 0.545. The minimum atomic E-state index is 0.545. The van der Waals surface area contributed by atoms with Gasteiger partial charge < -0.3 is 8.98 Å². The van der Waals surface area contributed by atoms with Gasteiger partial charge in [0.25, 0.3) is 0 Å². The summed E-state index contributed by atoms with van der Waals surface area (Å²) in [5.74, 6) is 0.841. The maximum atomic E-state index is 6.21. The molecule has 0 aliphatic heterocycles. The second kappa shape index (κ2) is 6.73. The third-order valence-corrected chi connectivity index (χ3v) is 4.55. The van der Waals surface area contributed by atoms with Crippen LogP contribution in [0.4, 0.5) is 5.69 Å². The molecule has 22 heavy (non-hydrogen) atoms. The molecule has 0 amide bonds. The quantitative estimate of drug-likeness (QED) is 0.587. The topological polar surface area (TPSA) is 30.4 Å². The molecule has 0 radical (unpaired) electrons. The summed E-state index contributed by atoms with van der Waals surface area (Å²) >= 11 is 13.7. The molecule has 0 atom stereocenters. The summed E-state index contributed by atoms with van der Waals surface area (Å²) in [4.78, 5) is 5.57. The molecule has 0 N–H and O–H groups in total. The molecule has 6 heteroatoms. The molecule has 0 saturated carbocycles. The number of benzene rings is 1. The van der Waals surface area contributed by atoms with Gasteiger partial charge in [-0.05, 0) is 36.8 Å². The van der Waals surface area contributed by atoms with Crippen molar-refractivity contribution in [3.8, 4) is 11.5 Å². The molecule has 114 valence electrons. The third-order valence-electron chi connectivity index (χ3n) is 3.14. The lowest BCUT2D eigenvalue weighted by atomic mass is 10.3. The molecule has 0 saturated heterocycles. The highest BCUT2D eigenvalue weighted by Crippen LogP contribution is 2.28. The Hall–Kier alpha value is -1.49. The Balaban J connectivity index is 2.12. The molecule has 3 aromatic rings. The number of halogens is 2. The molecule has 3 nitrogen and oxygen atoms in total. The second-order valence-electron chi connectivity index (χ2n) is 4.74. The van der Waals surface area contributed by atoms with Gasteiger partial charge in [0.15, 0.2) is 10.6 Å². The Morgan fingerprint density at radius 1 is 1.27 bits per heavy atom. The first-order valence-electron chi connectivity index (χ1n) is 6.91. The van der Waals surface area contributed by atoms with Crippen LogP contribution in [0.15, 0.2) is 51.4 Å². The second-order valence-corrected chi connectivity index (χ2v) is 6.42. The Labute approximate surface area is 142 Å². The Bertz CT molecular complexity index is 834. The van der Waals surface area contributed by atoms with Crippen molar-refractivity contribution < 1.29 is 4.42 Å². The van der Waals surface area contributed by atoms with Crippen LogP contribution in [0.25, 0.3) is 11.5 Å². The zero-order valence-corrected chi connectivity index (χ0v) is 14.3. The summed E-state index contributed by atoms with van der Waals surface area (Å²) < 4.78 is 7.66. The number of hydrogen-bond acceptors (Lipinski definition) is 3. The van der Waals surface area contributed by atoms with Gasteiger partial charge in [-0.2, -0.15) is 0 Å². The van der Waals surface area contributed by atoms with Crippen molar-refractivity contribution in [3.05, 3.63) is 56.8 Å². The van der Waals surface area contributed by atoms with E-state index in [2.05, 4.69) is 21.9 Å². The van der Waals surface area contributed by atoms with E-state index in [1.807, 2.05) is 18.2 Å². The van der Waals surface area contributed by atoms with E-state index in [1.165, 1.54) is 0 Å². The van der Waals surface area contributed by atoms with E-state index >= 15 is 0 Å². The van der Waals surface area contributed by atoms with Crippen molar-refractivity contribution in [1.82, 2.24) is 4.57 Å². The fourth-order valence-electron chi connectivity index (χ4n) is 2.16. The summed E-state index contributed by atoms with van der Waals surface area (Å²) in [6.45, 7) is 3.00. The van der Waals surface area contributed by atoms with Crippen molar-refractivity contribution in [1.29, 1.82) is 0 Å². The van der Waals surface area contributed by atoms with E-state index < -0.39 is 0 Å². The molecule has 0 aliphatic carbocycles. The number of rotatable bonds is 4. The van der Waals surface area contributed by atoms with Gasteiger partial charge in [0.2, 0.25) is 0 Å². The van der Waals surface area contributed by atoms with E-state index in [-0.39, 0.29) is 0 Å². The first-order valence-corrected chi connectivity index (χ1v) is 8.54. The van der Waals surface area contributed by atoms with Gasteiger partial charge in [0.1, 0.15) is 0 Å². The summed E-state index contributed by atoms with van der Waals surface area (Å²) in [7, 11) is 0. The number of thiazole rings is 1. The van der Waals surface area contributed by atoms with Crippen LogP contribution in [0.5, 0.6) is 0 Å². The van der Waals surface area contributed by atoms with Crippen LogP contribution in [-0.4, -0.2) is 4.57 Å². The van der Waals surface area contributed by atoms with E-state index in [1.54, 1.807) is 29.7 Å². The number of aromatic nitrogens is 1. The smallest absolute Gasteiger partial charge is 0.190 e. The molecular weight excluding hydrogens is 339 g/mol. The van der Waals surface area contributed by atoms with Crippen LogP contribution in [0.3, 0.4) is 0 Å². The van der Waals surface area contributed by atoms with Crippen LogP contribution >= 0.6 is 34.5 Å². The van der Waals surface area contributed by atoms with Gasteiger partial charge >= 0.3 is 0 Å². The maximum Gasteiger partial charge on any atom is 0.190 e. The molecule has 0 spiro atoms. The first kappa shape index (κ1) is 15.4. The van der Waals surface area contributed by atoms with E-state index in [4.69, 9.17) is 27.6 Å². The minimum Gasteiger partial charge on any atom is -0.463 e. The molecule has 2 aromatic heterocycles. The lowest BCUT2D eigenvalue weighted by molar-refractivity contribution is 0.567. The van der Waals surface area contributed by atoms with E-state index in [0.717, 1.165) is 29.2 Å². The fraction of sp³-hybridized carbons (Fsp3) is 0.188. The largest absolute Gasteiger partial charge is 0.463 e. The maximum absolute atomic E-state index is 6.21.